The molecule has 1 aromatic heterocycles. The first-order valence-electron chi connectivity index (χ1n) is 4.79. The molecule has 0 saturated heterocycles. The highest BCUT2D eigenvalue weighted by molar-refractivity contribution is 9.10. The highest BCUT2D eigenvalue weighted by atomic mass is 79.9. The van der Waals surface area contributed by atoms with Crippen molar-refractivity contribution in [2.24, 2.45) is 0 Å². The number of aliphatic hydroxyl groups is 1. The zero-order valence-corrected chi connectivity index (χ0v) is 10.2. The Kier molecular flexibility index (Phi) is 3.49. The molecule has 1 aromatic carbocycles. The second kappa shape index (κ2) is 4.89. The van der Waals surface area contributed by atoms with Crippen molar-refractivity contribution in [2.45, 2.75) is 6.42 Å². The van der Waals surface area contributed by atoms with Crippen LogP contribution >= 0.6 is 15.9 Å². The van der Waals surface area contributed by atoms with Gasteiger partial charge in [0.15, 0.2) is 5.82 Å². The van der Waals surface area contributed by atoms with E-state index < -0.39 is 11.6 Å². The number of rotatable bonds is 3. The number of benzene rings is 1. The van der Waals surface area contributed by atoms with Gasteiger partial charge >= 0.3 is 0 Å². The molecule has 2 aromatic rings. The molecule has 7 heteroatoms. The standard InChI is InChI=1S/C10H8BrF2N3O/c11-8-3-6(12)4-9(13)10(8)16-5-7(1-2-17)14-15-16/h3-5,17H,1-2H2. The summed E-state index contributed by atoms with van der Waals surface area (Å²) in [4.78, 5) is 0. The molecule has 0 radical (unpaired) electrons. The average Bonchev–Trinajstić information content (AvgIpc) is 2.65. The third-order valence-electron chi connectivity index (χ3n) is 2.12. The summed E-state index contributed by atoms with van der Waals surface area (Å²) in [5.41, 5.74) is 0.617. The summed E-state index contributed by atoms with van der Waals surface area (Å²) in [7, 11) is 0. The number of hydrogen-bond acceptors (Lipinski definition) is 3. The number of aromatic nitrogens is 3. The fraction of sp³-hybridized carbons (Fsp3) is 0.200. The van der Waals surface area contributed by atoms with Crippen molar-refractivity contribution in [3.05, 3.63) is 40.1 Å². The van der Waals surface area contributed by atoms with Crippen LogP contribution < -0.4 is 0 Å². The van der Waals surface area contributed by atoms with Gasteiger partial charge in [-0.3, -0.25) is 0 Å². The molecule has 1 N–H and O–H groups in total. The fourth-order valence-corrected chi connectivity index (χ4v) is 1.98. The number of halogens is 3. The highest BCUT2D eigenvalue weighted by Gasteiger charge is 2.13. The predicted octanol–water partition coefficient (Wildman–Crippen LogP) is 1.84. The number of hydrogen-bond donors (Lipinski definition) is 1. The van der Waals surface area contributed by atoms with Gasteiger partial charge in [-0.15, -0.1) is 5.10 Å². The van der Waals surface area contributed by atoms with Crippen molar-refractivity contribution < 1.29 is 13.9 Å². The molecule has 2 rings (SSSR count). The minimum Gasteiger partial charge on any atom is -0.396 e. The lowest BCUT2D eigenvalue weighted by Crippen LogP contribution is -2.01. The summed E-state index contributed by atoms with van der Waals surface area (Å²) in [6.07, 6.45) is 1.82. The first kappa shape index (κ1) is 12.1. The van der Waals surface area contributed by atoms with Gasteiger partial charge < -0.3 is 5.11 Å². The van der Waals surface area contributed by atoms with Crippen LogP contribution in [0.3, 0.4) is 0 Å². The van der Waals surface area contributed by atoms with Crippen LogP contribution in [0, 0.1) is 11.6 Å². The van der Waals surface area contributed by atoms with E-state index >= 15 is 0 Å². The van der Waals surface area contributed by atoms with Gasteiger partial charge in [-0.2, -0.15) is 0 Å². The Morgan fingerprint density at radius 1 is 1.35 bits per heavy atom. The molecule has 0 saturated carbocycles. The van der Waals surface area contributed by atoms with E-state index in [4.69, 9.17) is 5.11 Å². The second-order valence-electron chi connectivity index (χ2n) is 3.35. The summed E-state index contributed by atoms with van der Waals surface area (Å²) in [6, 6.07) is 1.92. The van der Waals surface area contributed by atoms with Gasteiger partial charge in [-0.05, 0) is 22.0 Å². The molecule has 0 fully saturated rings. The van der Waals surface area contributed by atoms with Crippen molar-refractivity contribution >= 4 is 15.9 Å². The molecule has 0 amide bonds. The topological polar surface area (TPSA) is 50.9 Å². The van der Waals surface area contributed by atoms with E-state index in [2.05, 4.69) is 26.2 Å². The van der Waals surface area contributed by atoms with Gasteiger partial charge in [-0.1, -0.05) is 5.21 Å². The van der Waals surface area contributed by atoms with Gasteiger partial charge in [-0.25, -0.2) is 13.5 Å². The Hall–Kier alpha value is -1.34. The largest absolute Gasteiger partial charge is 0.396 e. The third-order valence-corrected chi connectivity index (χ3v) is 2.72. The van der Waals surface area contributed by atoms with Crippen molar-refractivity contribution in [1.82, 2.24) is 15.0 Å². The molecular weight excluding hydrogens is 296 g/mol. The van der Waals surface area contributed by atoms with E-state index in [1.807, 2.05) is 0 Å². The smallest absolute Gasteiger partial charge is 0.152 e. The summed E-state index contributed by atoms with van der Waals surface area (Å²) < 4.78 is 27.9. The predicted molar refractivity (Wildman–Crippen MR) is 59.8 cm³/mol. The van der Waals surface area contributed by atoms with Crippen LogP contribution in [0.15, 0.2) is 22.8 Å². The maximum atomic E-state index is 13.6. The molecule has 0 bridgehead atoms. The van der Waals surface area contributed by atoms with Crippen molar-refractivity contribution in [3.63, 3.8) is 0 Å². The van der Waals surface area contributed by atoms with E-state index in [1.165, 1.54) is 10.9 Å². The van der Waals surface area contributed by atoms with Crippen LogP contribution in [-0.4, -0.2) is 26.7 Å². The lowest BCUT2D eigenvalue weighted by Gasteiger charge is -2.04. The van der Waals surface area contributed by atoms with E-state index in [0.29, 0.717) is 12.1 Å². The Bertz CT molecular complexity index is 521. The van der Waals surface area contributed by atoms with Crippen LogP contribution in [0.5, 0.6) is 0 Å². The van der Waals surface area contributed by atoms with Gasteiger partial charge in [0.25, 0.3) is 0 Å². The lowest BCUT2D eigenvalue weighted by atomic mass is 10.3. The third kappa shape index (κ3) is 2.50. The summed E-state index contributed by atoms with van der Waals surface area (Å²) >= 11 is 3.06. The first-order chi connectivity index (χ1) is 8.11. The van der Waals surface area contributed by atoms with Crippen molar-refractivity contribution in [2.75, 3.05) is 6.61 Å². The molecular formula is C10H8BrF2N3O. The quantitative estimate of drug-likeness (QED) is 0.941. The Balaban J connectivity index is 2.45. The van der Waals surface area contributed by atoms with E-state index in [0.717, 1.165) is 12.1 Å². The molecule has 0 atom stereocenters. The second-order valence-corrected chi connectivity index (χ2v) is 4.20. The lowest BCUT2D eigenvalue weighted by molar-refractivity contribution is 0.298. The summed E-state index contributed by atoms with van der Waals surface area (Å²) in [5, 5.41) is 16.2. The van der Waals surface area contributed by atoms with Crippen molar-refractivity contribution in [1.29, 1.82) is 0 Å². The normalized spacial score (nSPS) is 10.8. The minimum atomic E-state index is -0.739. The van der Waals surface area contributed by atoms with Gasteiger partial charge in [0.1, 0.15) is 11.5 Å². The maximum absolute atomic E-state index is 13.6. The summed E-state index contributed by atoms with van der Waals surface area (Å²) in [6.45, 7) is -0.0637. The van der Waals surface area contributed by atoms with Crippen LogP contribution in [0.25, 0.3) is 5.69 Å². The van der Waals surface area contributed by atoms with E-state index in [9.17, 15) is 8.78 Å². The van der Waals surface area contributed by atoms with Gasteiger partial charge in [0, 0.05) is 23.6 Å². The molecule has 0 aliphatic heterocycles. The minimum absolute atomic E-state index is 0.0637. The molecule has 0 aliphatic rings. The molecule has 0 spiro atoms. The Morgan fingerprint density at radius 2 is 2.12 bits per heavy atom. The van der Waals surface area contributed by atoms with Crippen molar-refractivity contribution in [3.8, 4) is 5.69 Å². The van der Waals surface area contributed by atoms with Gasteiger partial charge in [0.2, 0.25) is 0 Å². The molecule has 1 heterocycles. The van der Waals surface area contributed by atoms with Crippen LogP contribution in [0.1, 0.15) is 5.69 Å². The number of nitrogens with zero attached hydrogens (tertiary/aromatic N) is 3. The van der Waals surface area contributed by atoms with Crippen LogP contribution in [0.2, 0.25) is 0 Å². The fourth-order valence-electron chi connectivity index (χ4n) is 1.39. The average molecular weight is 304 g/mol. The van der Waals surface area contributed by atoms with E-state index in [-0.39, 0.29) is 16.8 Å². The van der Waals surface area contributed by atoms with Gasteiger partial charge in [0.05, 0.1) is 11.9 Å². The maximum Gasteiger partial charge on any atom is 0.152 e. The monoisotopic (exact) mass is 303 g/mol. The van der Waals surface area contributed by atoms with E-state index in [1.54, 1.807) is 0 Å². The van der Waals surface area contributed by atoms with Crippen LogP contribution in [0.4, 0.5) is 8.78 Å². The number of aliphatic hydroxyl groups excluding tert-OH is 1. The zero-order chi connectivity index (χ0) is 12.4. The molecule has 17 heavy (non-hydrogen) atoms. The molecule has 0 aliphatic carbocycles. The summed E-state index contributed by atoms with van der Waals surface area (Å²) in [5.74, 6) is -1.41. The zero-order valence-electron chi connectivity index (χ0n) is 8.57. The first-order valence-corrected chi connectivity index (χ1v) is 5.58. The Labute approximate surface area is 104 Å². The Morgan fingerprint density at radius 3 is 2.76 bits per heavy atom. The molecule has 4 nitrogen and oxygen atoms in total. The SMILES string of the molecule is OCCc1cn(-c2c(F)cc(F)cc2Br)nn1. The van der Waals surface area contributed by atoms with Crippen LogP contribution in [-0.2, 0) is 6.42 Å². The molecule has 0 unspecified atom stereocenters. The highest BCUT2D eigenvalue weighted by Crippen LogP contribution is 2.24. The molecule has 90 valence electrons.